The maximum atomic E-state index is 4.55. The monoisotopic (exact) mass is 274 g/mol. The molecule has 1 aromatic heterocycles. The highest BCUT2D eigenvalue weighted by molar-refractivity contribution is 9.09. The standard InChI is InChI=1S/C10H15BrN2S/c1-7-3-4-13(9(7)5-11)10-12-8(2)6-14-10/h6-7,9H,3-5H2,1-2H3. The number of thiazole rings is 1. The maximum absolute atomic E-state index is 4.55. The Bertz CT molecular complexity index is 313. The van der Waals surface area contributed by atoms with E-state index < -0.39 is 0 Å². The maximum Gasteiger partial charge on any atom is 0.185 e. The topological polar surface area (TPSA) is 16.1 Å². The summed E-state index contributed by atoms with van der Waals surface area (Å²) in [4.78, 5) is 6.99. The third-order valence-corrected chi connectivity index (χ3v) is 4.55. The summed E-state index contributed by atoms with van der Waals surface area (Å²) in [5.74, 6) is 0.776. The van der Waals surface area contributed by atoms with E-state index in [0.717, 1.165) is 23.5 Å². The van der Waals surface area contributed by atoms with Crippen LogP contribution in [0.4, 0.5) is 5.13 Å². The predicted molar refractivity (Wildman–Crippen MR) is 65.6 cm³/mol. The molecule has 2 atom stereocenters. The highest BCUT2D eigenvalue weighted by Gasteiger charge is 2.31. The molecule has 2 unspecified atom stereocenters. The van der Waals surface area contributed by atoms with Crippen LogP contribution in [0.15, 0.2) is 5.38 Å². The van der Waals surface area contributed by atoms with Gasteiger partial charge in [-0.1, -0.05) is 22.9 Å². The molecule has 0 radical (unpaired) electrons. The third kappa shape index (κ3) is 1.82. The number of nitrogens with zero attached hydrogens (tertiary/aromatic N) is 2. The van der Waals surface area contributed by atoms with E-state index in [2.05, 4.69) is 45.0 Å². The van der Waals surface area contributed by atoms with Crippen LogP contribution in [0.2, 0.25) is 0 Å². The first kappa shape index (κ1) is 10.4. The van der Waals surface area contributed by atoms with Gasteiger partial charge >= 0.3 is 0 Å². The van der Waals surface area contributed by atoms with Crippen molar-refractivity contribution in [2.24, 2.45) is 5.92 Å². The summed E-state index contributed by atoms with van der Waals surface area (Å²) in [6, 6.07) is 0.626. The smallest absolute Gasteiger partial charge is 0.185 e. The summed E-state index contributed by atoms with van der Waals surface area (Å²) >= 11 is 5.36. The molecule has 1 aromatic rings. The van der Waals surface area contributed by atoms with Gasteiger partial charge in [0.2, 0.25) is 0 Å². The number of anilines is 1. The fourth-order valence-electron chi connectivity index (χ4n) is 1.95. The van der Waals surface area contributed by atoms with Gasteiger partial charge in [0.05, 0.1) is 5.69 Å². The summed E-state index contributed by atoms with van der Waals surface area (Å²) in [6.07, 6.45) is 1.29. The average Bonchev–Trinajstić information content (AvgIpc) is 2.71. The van der Waals surface area contributed by atoms with Gasteiger partial charge in [0.25, 0.3) is 0 Å². The van der Waals surface area contributed by atoms with Crippen molar-refractivity contribution in [3.63, 3.8) is 0 Å². The molecule has 2 nitrogen and oxygen atoms in total. The number of alkyl halides is 1. The van der Waals surface area contributed by atoms with Crippen molar-refractivity contribution in [3.8, 4) is 0 Å². The molecule has 78 valence electrons. The van der Waals surface area contributed by atoms with Gasteiger partial charge in [-0.3, -0.25) is 0 Å². The molecule has 1 aliphatic heterocycles. The molecule has 2 heterocycles. The minimum absolute atomic E-state index is 0.626. The van der Waals surface area contributed by atoms with E-state index in [4.69, 9.17) is 0 Å². The van der Waals surface area contributed by atoms with E-state index in [9.17, 15) is 0 Å². The second-order valence-corrected chi connectivity index (χ2v) is 5.44. The number of hydrogen-bond donors (Lipinski definition) is 0. The van der Waals surface area contributed by atoms with E-state index in [1.165, 1.54) is 11.6 Å². The number of aromatic nitrogens is 1. The number of halogens is 1. The molecule has 0 bridgehead atoms. The molecular formula is C10H15BrN2S. The Morgan fingerprint density at radius 2 is 2.50 bits per heavy atom. The third-order valence-electron chi connectivity index (χ3n) is 2.89. The van der Waals surface area contributed by atoms with E-state index >= 15 is 0 Å². The summed E-state index contributed by atoms with van der Waals surface area (Å²) in [6.45, 7) is 5.54. The summed E-state index contributed by atoms with van der Waals surface area (Å²) in [7, 11) is 0. The highest BCUT2D eigenvalue weighted by atomic mass is 79.9. The molecule has 0 saturated carbocycles. The molecule has 0 N–H and O–H groups in total. The van der Waals surface area contributed by atoms with Crippen LogP contribution in [0.3, 0.4) is 0 Å². The first-order chi connectivity index (χ1) is 6.72. The van der Waals surface area contributed by atoms with Crippen molar-refractivity contribution in [1.82, 2.24) is 4.98 Å². The summed E-state index contributed by atoms with van der Waals surface area (Å²) < 4.78 is 0. The Hall–Kier alpha value is -0.0900. The quantitative estimate of drug-likeness (QED) is 0.771. The summed E-state index contributed by atoms with van der Waals surface area (Å²) in [5.41, 5.74) is 1.14. The molecule has 2 rings (SSSR count). The van der Waals surface area contributed by atoms with Crippen molar-refractivity contribution in [3.05, 3.63) is 11.1 Å². The molecular weight excluding hydrogens is 260 g/mol. The Morgan fingerprint density at radius 3 is 3.07 bits per heavy atom. The van der Waals surface area contributed by atoms with E-state index in [1.807, 2.05) is 0 Å². The zero-order valence-electron chi connectivity index (χ0n) is 8.53. The molecule has 14 heavy (non-hydrogen) atoms. The molecule has 1 aliphatic rings. The van der Waals surface area contributed by atoms with Crippen LogP contribution in [0, 0.1) is 12.8 Å². The van der Waals surface area contributed by atoms with Crippen molar-refractivity contribution >= 4 is 32.4 Å². The van der Waals surface area contributed by atoms with Crippen LogP contribution in [0.5, 0.6) is 0 Å². The van der Waals surface area contributed by atoms with E-state index in [1.54, 1.807) is 11.3 Å². The Balaban J connectivity index is 2.18. The lowest BCUT2D eigenvalue weighted by atomic mass is 10.1. The minimum Gasteiger partial charge on any atom is -0.344 e. The fraction of sp³-hybridized carbons (Fsp3) is 0.700. The number of aryl methyl sites for hydroxylation is 1. The zero-order valence-corrected chi connectivity index (χ0v) is 10.9. The molecule has 0 spiro atoms. The first-order valence-corrected chi connectivity index (χ1v) is 6.97. The van der Waals surface area contributed by atoms with Crippen LogP contribution in [0.25, 0.3) is 0 Å². The molecule has 4 heteroatoms. The van der Waals surface area contributed by atoms with Gasteiger partial charge in [-0.15, -0.1) is 11.3 Å². The lowest BCUT2D eigenvalue weighted by Gasteiger charge is -2.24. The van der Waals surface area contributed by atoms with Crippen molar-refractivity contribution in [2.75, 3.05) is 16.8 Å². The normalized spacial score (nSPS) is 27.2. The number of rotatable bonds is 2. The second kappa shape index (κ2) is 4.19. The van der Waals surface area contributed by atoms with Crippen LogP contribution >= 0.6 is 27.3 Å². The van der Waals surface area contributed by atoms with Crippen LogP contribution in [-0.2, 0) is 0 Å². The largest absolute Gasteiger partial charge is 0.344 e. The van der Waals surface area contributed by atoms with Crippen molar-refractivity contribution in [2.45, 2.75) is 26.3 Å². The minimum atomic E-state index is 0.626. The molecule has 0 aromatic carbocycles. The van der Waals surface area contributed by atoms with Crippen LogP contribution in [0.1, 0.15) is 19.0 Å². The van der Waals surface area contributed by atoms with Gasteiger partial charge < -0.3 is 4.90 Å². The predicted octanol–water partition coefficient (Wildman–Crippen LogP) is 3.06. The van der Waals surface area contributed by atoms with Gasteiger partial charge in [-0.05, 0) is 19.3 Å². The van der Waals surface area contributed by atoms with E-state index in [-0.39, 0.29) is 0 Å². The average molecular weight is 275 g/mol. The zero-order chi connectivity index (χ0) is 10.1. The first-order valence-electron chi connectivity index (χ1n) is 4.97. The number of hydrogen-bond acceptors (Lipinski definition) is 3. The Kier molecular flexibility index (Phi) is 3.12. The van der Waals surface area contributed by atoms with Gasteiger partial charge in [-0.25, -0.2) is 4.98 Å². The SMILES string of the molecule is Cc1csc(N2CCC(C)C2CBr)n1. The lowest BCUT2D eigenvalue weighted by molar-refractivity contribution is 0.554. The van der Waals surface area contributed by atoms with Crippen molar-refractivity contribution < 1.29 is 0 Å². The Morgan fingerprint density at radius 1 is 1.71 bits per heavy atom. The van der Waals surface area contributed by atoms with Gasteiger partial charge in [0.15, 0.2) is 5.13 Å². The molecule has 0 aliphatic carbocycles. The highest BCUT2D eigenvalue weighted by Crippen LogP contribution is 2.32. The van der Waals surface area contributed by atoms with E-state index in [0.29, 0.717) is 6.04 Å². The van der Waals surface area contributed by atoms with Crippen LogP contribution < -0.4 is 4.90 Å². The molecule has 1 fully saturated rings. The molecule has 1 saturated heterocycles. The second-order valence-electron chi connectivity index (χ2n) is 3.95. The van der Waals surface area contributed by atoms with Gasteiger partial charge in [-0.2, -0.15) is 0 Å². The Labute approximate surface area is 97.5 Å². The lowest BCUT2D eigenvalue weighted by Crippen LogP contribution is -2.33. The van der Waals surface area contributed by atoms with Gasteiger partial charge in [0.1, 0.15) is 0 Å². The van der Waals surface area contributed by atoms with Gasteiger partial charge in [0, 0.05) is 23.3 Å². The van der Waals surface area contributed by atoms with Crippen LogP contribution in [-0.4, -0.2) is 22.9 Å². The molecule has 0 amide bonds. The van der Waals surface area contributed by atoms with Crippen molar-refractivity contribution in [1.29, 1.82) is 0 Å². The summed E-state index contributed by atoms with van der Waals surface area (Å²) in [5, 5.41) is 4.37. The fourth-order valence-corrected chi connectivity index (χ4v) is 3.83.